The van der Waals surface area contributed by atoms with E-state index >= 15 is 0 Å². The SMILES string of the molecule is CCNCc1cncc(-c2ccc3[nH]nc(-c4cc5c(-c6cc(F)cc(CNS(C)(=O)=O)c6)ccnc5[nH]4)c3n2)c1. The van der Waals surface area contributed by atoms with Crippen molar-refractivity contribution in [2.24, 2.45) is 0 Å². The number of sulfonamides is 1. The van der Waals surface area contributed by atoms with Crippen LogP contribution in [-0.4, -0.2) is 51.4 Å². The number of aromatic amines is 2. The molecule has 208 valence electrons. The molecule has 0 unspecified atom stereocenters. The van der Waals surface area contributed by atoms with Crippen molar-refractivity contribution in [2.45, 2.75) is 20.0 Å². The Morgan fingerprint density at radius 2 is 1.83 bits per heavy atom. The highest BCUT2D eigenvalue weighted by Gasteiger charge is 2.17. The summed E-state index contributed by atoms with van der Waals surface area (Å²) >= 11 is 0. The van der Waals surface area contributed by atoms with Gasteiger partial charge in [0.15, 0.2) is 0 Å². The molecule has 5 heterocycles. The summed E-state index contributed by atoms with van der Waals surface area (Å²) in [6, 6.07) is 14.2. The van der Waals surface area contributed by atoms with E-state index in [-0.39, 0.29) is 6.54 Å². The predicted octanol–water partition coefficient (Wildman–Crippen LogP) is 4.53. The molecule has 41 heavy (non-hydrogen) atoms. The molecule has 0 fully saturated rings. The van der Waals surface area contributed by atoms with Gasteiger partial charge in [-0.15, -0.1) is 0 Å². The number of nitrogens with one attached hydrogen (secondary N) is 4. The maximum atomic E-state index is 14.6. The van der Waals surface area contributed by atoms with Crippen LogP contribution in [0.15, 0.2) is 67.1 Å². The summed E-state index contributed by atoms with van der Waals surface area (Å²) in [5.41, 5.74) is 7.99. The fourth-order valence-electron chi connectivity index (χ4n) is 4.77. The van der Waals surface area contributed by atoms with Gasteiger partial charge in [-0.05, 0) is 77.3 Å². The van der Waals surface area contributed by atoms with E-state index in [1.54, 1.807) is 24.5 Å². The summed E-state index contributed by atoms with van der Waals surface area (Å²) in [5.74, 6) is -0.465. The second-order valence-corrected chi connectivity index (χ2v) is 11.6. The van der Waals surface area contributed by atoms with Gasteiger partial charge in [0, 0.05) is 42.6 Å². The van der Waals surface area contributed by atoms with Crippen LogP contribution in [0, 0.1) is 5.82 Å². The Morgan fingerprint density at radius 1 is 0.976 bits per heavy atom. The molecule has 0 aliphatic rings. The summed E-state index contributed by atoms with van der Waals surface area (Å²) in [6.07, 6.45) is 6.34. The van der Waals surface area contributed by atoms with Crippen LogP contribution < -0.4 is 10.0 Å². The number of halogens is 1. The van der Waals surface area contributed by atoms with Crippen LogP contribution in [0.25, 0.3) is 55.8 Å². The molecule has 1 aromatic carbocycles. The first-order valence-corrected chi connectivity index (χ1v) is 14.9. The van der Waals surface area contributed by atoms with Crippen LogP contribution in [0.3, 0.4) is 0 Å². The lowest BCUT2D eigenvalue weighted by Gasteiger charge is -2.08. The lowest BCUT2D eigenvalue weighted by atomic mass is 10.0. The van der Waals surface area contributed by atoms with Crippen molar-refractivity contribution in [3.05, 3.63) is 84.1 Å². The molecule has 0 saturated carbocycles. The van der Waals surface area contributed by atoms with Gasteiger partial charge in [-0.1, -0.05) is 6.92 Å². The molecule has 6 aromatic rings. The van der Waals surface area contributed by atoms with Crippen molar-refractivity contribution < 1.29 is 12.8 Å². The molecule has 0 spiro atoms. The normalized spacial score (nSPS) is 12.0. The summed E-state index contributed by atoms with van der Waals surface area (Å²) in [4.78, 5) is 17.1. The zero-order valence-electron chi connectivity index (χ0n) is 22.4. The van der Waals surface area contributed by atoms with E-state index in [1.165, 1.54) is 12.1 Å². The third-order valence-corrected chi connectivity index (χ3v) is 7.34. The summed E-state index contributed by atoms with van der Waals surface area (Å²) in [5, 5.41) is 11.7. The van der Waals surface area contributed by atoms with Gasteiger partial charge in [-0.2, -0.15) is 5.10 Å². The highest BCUT2D eigenvalue weighted by Crippen LogP contribution is 2.34. The largest absolute Gasteiger partial charge is 0.338 e. The number of rotatable bonds is 9. The minimum atomic E-state index is -3.42. The lowest BCUT2D eigenvalue weighted by Crippen LogP contribution is -2.21. The standard InChI is InChI=1S/C29H27FN8O2S/c1-3-31-13-18-9-20(16-32-14-18)24-4-5-25-27(35-24)28(38-37-25)26-12-23-22(6-7-33-29(23)36-26)19-8-17(10-21(30)11-19)15-34-41(2,39)40/h4-12,14,16,31,34H,3,13,15H2,1-2H3,(H,33,36)(H,37,38). The van der Waals surface area contributed by atoms with E-state index in [4.69, 9.17) is 4.98 Å². The number of H-pyrrole nitrogens is 2. The van der Waals surface area contributed by atoms with Gasteiger partial charge in [0.1, 0.15) is 22.7 Å². The number of nitrogens with zero attached hydrogens (tertiary/aromatic N) is 4. The highest BCUT2D eigenvalue weighted by molar-refractivity contribution is 7.88. The Balaban J connectivity index is 1.39. The molecule has 4 N–H and O–H groups in total. The second kappa shape index (κ2) is 10.8. The minimum Gasteiger partial charge on any atom is -0.338 e. The minimum absolute atomic E-state index is 0.0169. The summed E-state index contributed by atoms with van der Waals surface area (Å²) < 4.78 is 40.1. The van der Waals surface area contributed by atoms with E-state index in [2.05, 4.69) is 48.2 Å². The molecule has 12 heteroatoms. The molecule has 0 atom stereocenters. The fourth-order valence-corrected chi connectivity index (χ4v) is 5.20. The third-order valence-electron chi connectivity index (χ3n) is 6.67. The lowest BCUT2D eigenvalue weighted by molar-refractivity contribution is 0.586. The Hall–Kier alpha value is -4.52. The van der Waals surface area contributed by atoms with Crippen molar-refractivity contribution >= 4 is 32.1 Å². The van der Waals surface area contributed by atoms with Crippen LogP contribution in [-0.2, 0) is 23.1 Å². The molecule has 5 aromatic heterocycles. The van der Waals surface area contributed by atoms with E-state index in [0.717, 1.165) is 52.6 Å². The van der Waals surface area contributed by atoms with Crippen LogP contribution in [0.2, 0.25) is 0 Å². The molecule has 0 amide bonds. The first-order valence-electron chi connectivity index (χ1n) is 13.0. The van der Waals surface area contributed by atoms with E-state index in [0.29, 0.717) is 33.7 Å². The van der Waals surface area contributed by atoms with Gasteiger partial charge in [-0.25, -0.2) is 27.5 Å². The number of pyridine rings is 3. The van der Waals surface area contributed by atoms with E-state index in [1.807, 2.05) is 24.4 Å². The fraction of sp³-hybridized carbons (Fsp3) is 0.172. The maximum absolute atomic E-state index is 14.6. The molecular weight excluding hydrogens is 543 g/mol. The average molecular weight is 571 g/mol. The topological polar surface area (TPSA) is 141 Å². The van der Waals surface area contributed by atoms with Crippen molar-refractivity contribution in [2.75, 3.05) is 12.8 Å². The van der Waals surface area contributed by atoms with Crippen molar-refractivity contribution in [1.82, 2.24) is 40.2 Å². The molecular formula is C29H27FN8O2S. The second-order valence-electron chi connectivity index (χ2n) is 9.77. The first-order chi connectivity index (χ1) is 19.8. The molecule has 0 aliphatic heterocycles. The van der Waals surface area contributed by atoms with Crippen LogP contribution in [0.5, 0.6) is 0 Å². The van der Waals surface area contributed by atoms with Crippen molar-refractivity contribution in [3.63, 3.8) is 0 Å². The van der Waals surface area contributed by atoms with Gasteiger partial charge in [-0.3, -0.25) is 10.1 Å². The van der Waals surface area contributed by atoms with Crippen LogP contribution in [0.1, 0.15) is 18.1 Å². The number of aromatic nitrogens is 6. The van der Waals surface area contributed by atoms with Crippen LogP contribution in [0.4, 0.5) is 4.39 Å². The van der Waals surface area contributed by atoms with Crippen LogP contribution >= 0.6 is 0 Å². The zero-order chi connectivity index (χ0) is 28.6. The summed E-state index contributed by atoms with van der Waals surface area (Å²) in [7, 11) is -3.42. The molecule has 0 bridgehead atoms. The predicted molar refractivity (Wildman–Crippen MR) is 157 cm³/mol. The quantitative estimate of drug-likeness (QED) is 0.200. The number of hydrogen-bond donors (Lipinski definition) is 4. The smallest absolute Gasteiger partial charge is 0.209 e. The number of benzene rings is 1. The molecule has 0 saturated heterocycles. The molecule has 6 rings (SSSR count). The molecule has 10 nitrogen and oxygen atoms in total. The van der Waals surface area contributed by atoms with Gasteiger partial charge >= 0.3 is 0 Å². The van der Waals surface area contributed by atoms with Gasteiger partial charge < -0.3 is 10.3 Å². The van der Waals surface area contributed by atoms with E-state index < -0.39 is 15.8 Å². The van der Waals surface area contributed by atoms with Gasteiger partial charge in [0.05, 0.1) is 23.2 Å². The monoisotopic (exact) mass is 570 g/mol. The summed E-state index contributed by atoms with van der Waals surface area (Å²) in [6.45, 7) is 3.64. The Labute approximate surface area is 235 Å². The number of hydrogen-bond acceptors (Lipinski definition) is 7. The molecule has 0 aliphatic carbocycles. The average Bonchev–Trinajstić information content (AvgIpc) is 3.58. The van der Waals surface area contributed by atoms with Gasteiger partial charge in [0.2, 0.25) is 10.0 Å². The Morgan fingerprint density at radius 3 is 2.66 bits per heavy atom. The highest BCUT2D eigenvalue weighted by atomic mass is 32.2. The third kappa shape index (κ3) is 5.71. The first kappa shape index (κ1) is 26.7. The van der Waals surface area contributed by atoms with Crippen molar-refractivity contribution in [1.29, 1.82) is 0 Å². The number of fused-ring (bicyclic) bond motifs is 2. The van der Waals surface area contributed by atoms with Crippen molar-refractivity contribution in [3.8, 4) is 33.8 Å². The maximum Gasteiger partial charge on any atom is 0.209 e. The Bertz CT molecular complexity index is 2000. The zero-order valence-corrected chi connectivity index (χ0v) is 23.2. The van der Waals surface area contributed by atoms with E-state index in [9.17, 15) is 12.8 Å². The molecule has 0 radical (unpaired) electrons. The Kier molecular flexibility index (Phi) is 7.03. The van der Waals surface area contributed by atoms with Gasteiger partial charge in [0.25, 0.3) is 0 Å².